The minimum atomic E-state index is 0.297. The zero-order valence-corrected chi connectivity index (χ0v) is 12.1. The maximum atomic E-state index is 5.42. The SMILES string of the molecule is c1nc(NCc2ccc3c(c2)OCO3)cc([C@H]2CCOC2)n1. The second kappa shape index (κ2) is 5.81. The molecule has 0 amide bonds. The number of fused-ring (bicyclic) bond motifs is 1. The highest BCUT2D eigenvalue weighted by Crippen LogP contribution is 2.32. The van der Waals surface area contributed by atoms with Crippen LogP contribution in [-0.2, 0) is 11.3 Å². The molecule has 4 rings (SSSR count). The third-order valence-electron chi connectivity index (χ3n) is 3.95. The average Bonchev–Trinajstić information content (AvgIpc) is 3.24. The highest BCUT2D eigenvalue weighted by molar-refractivity contribution is 5.46. The fourth-order valence-electron chi connectivity index (χ4n) is 2.70. The quantitative estimate of drug-likeness (QED) is 0.934. The zero-order chi connectivity index (χ0) is 14.8. The third-order valence-corrected chi connectivity index (χ3v) is 3.95. The van der Waals surface area contributed by atoms with Crippen LogP contribution >= 0.6 is 0 Å². The lowest BCUT2D eigenvalue weighted by Crippen LogP contribution is -2.06. The summed E-state index contributed by atoms with van der Waals surface area (Å²) in [6, 6.07) is 7.95. The normalized spacial score (nSPS) is 19.4. The molecule has 1 fully saturated rings. The Bertz CT molecular complexity index is 671. The molecule has 0 unspecified atom stereocenters. The maximum absolute atomic E-state index is 5.42. The van der Waals surface area contributed by atoms with Gasteiger partial charge in [-0.2, -0.15) is 0 Å². The van der Waals surface area contributed by atoms with E-state index in [-0.39, 0.29) is 0 Å². The molecule has 6 heteroatoms. The van der Waals surface area contributed by atoms with E-state index in [2.05, 4.69) is 15.3 Å². The number of rotatable bonds is 4. The summed E-state index contributed by atoms with van der Waals surface area (Å²) in [7, 11) is 0. The number of anilines is 1. The van der Waals surface area contributed by atoms with Gasteiger partial charge < -0.3 is 19.5 Å². The summed E-state index contributed by atoms with van der Waals surface area (Å²) in [5, 5.41) is 3.33. The van der Waals surface area contributed by atoms with Crippen molar-refractivity contribution >= 4 is 5.82 Å². The Kier molecular flexibility index (Phi) is 3.52. The molecule has 2 aliphatic heterocycles. The maximum Gasteiger partial charge on any atom is 0.231 e. The molecule has 1 saturated heterocycles. The first kappa shape index (κ1) is 13.3. The molecule has 1 aromatic heterocycles. The number of aromatic nitrogens is 2. The summed E-state index contributed by atoms with van der Waals surface area (Å²) in [6.45, 7) is 2.53. The summed E-state index contributed by atoms with van der Waals surface area (Å²) in [5.74, 6) is 2.81. The van der Waals surface area contributed by atoms with Crippen molar-refractivity contribution in [3.63, 3.8) is 0 Å². The van der Waals surface area contributed by atoms with Gasteiger partial charge in [0.05, 0.1) is 12.3 Å². The fourth-order valence-corrected chi connectivity index (χ4v) is 2.70. The third kappa shape index (κ3) is 2.69. The largest absolute Gasteiger partial charge is 0.454 e. The van der Waals surface area contributed by atoms with Crippen LogP contribution in [0, 0.1) is 0 Å². The summed E-state index contributed by atoms with van der Waals surface area (Å²) in [4.78, 5) is 8.64. The Morgan fingerprint density at radius 1 is 1.14 bits per heavy atom. The molecule has 114 valence electrons. The molecule has 2 aromatic rings. The Balaban J connectivity index is 1.44. The van der Waals surface area contributed by atoms with Gasteiger partial charge in [-0.3, -0.25) is 0 Å². The molecule has 0 bridgehead atoms. The van der Waals surface area contributed by atoms with Crippen molar-refractivity contribution in [1.29, 1.82) is 0 Å². The molecule has 22 heavy (non-hydrogen) atoms. The van der Waals surface area contributed by atoms with E-state index in [1.165, 1.54) is 0 Å². The average molecular weight is 299 g/mol. The van der Waals surface area contributed by atoms with Crippen LogP contribution in [0.15, 0.2) is 30.6 Å². The Labute approximate surface area is 128 Å². The second-order valence-corrected chi connectivity index (χ2v) is 5.43. The number of nitrogens with one attached hydrogen (secondary N) is 1. The second-order valence-electron chi connectivity index (χ2n) is 5.43. The lowest BCUT2D eigenvalue weighted by Gasteiger charge is -2.10. The molecular weight excluding hydrogens is 282 g/mol. The fraction of sp³-hybridized carbons (Fsp3) is 0.375. The van der Waals surface area contributed by atoms with Gasteiger partial charge in [0.15, 0.2) is 11.5 Å². The predicted octanol–water partition coefficient (Wildman–Crippen LogP) is 2.32. The Morgan fingerprint density at radius 3 is 3.00 bits per heavy atom. The highest BCUT2D eigenvalue weighted by Gasteiger charge is 2.19. The number of nitrogens with zero attached hydrogens (tertiary/aromatic N) is 2. The number of ether oxygens (including phenoxy) is 3. The number of hydrogen-bond acceptors (Lipinski definition) is 6. The lowest BCUT2D eigenvalue weighted by molar-refractivity contribution is 0.174. The standard InChI is InChI=1S/C16H17N3O3/c1-2-14-15(22-10-21-14)5-11(1)7-17-16-6-13(18-9-19-16)12-3-4-20-8-12/h1-2,5-6,9,12H,3-4,7-8,10H2,(H,17,18,19)/t12-/m0/s1. The molecule has 1 N–H and O–H groups in total. The minimum Gasteiger partial charge on any atom is -0.454 e. The minimum absolute atomic E-state index is 0.297. The Morgan fingerprint density at radius 2 is 2.09 bits per heavy atom. The van der Waals surface area contributed by atoms with Gasteiger partial charge in [-0.25, -0.2) is 9.97 Å². The van der Waals surface area contributed by atoms with Crippen LogP contribution < -0.4 is 14.8 Å². The zero-order valence-electron chi connectivity index (χ0n) is 12.1. The van der Waals surface area contributed by atoms with Crippen molar-refractivity contribution in [2.75, 3.05) is 25.3 Å². The van der Waals surface area contributed by atoms with Crippen molar-refractivity contribution in [2.45, 2.75) is 18.9 Å². The molecule has 0 aliphatic carbocycles. The predicted molar refractivity (Wildman–Crippen MR) is 80.1 cm³/mol. The van der Waals surface area contributed by atoms with Gasteiger partial charge >= 0.3 is 0 Å². The van der Waals surface area contributed by atoms with Crippen LogP contribution in [0.25, 0.3) is 0 Å². The van der Waals surface area contributed by atoms with E-state index < -0.39 is 0 Å². The van der Waals surface area contributed by atoms with Crippen molar-refractivity contribution in [1.82, 2.24) is 9.97 Å². The molecule has 1 aromatic carbocycles. The first-order valence-electron chi connectivity index (χ1n) is 7.40. The van der Waals surface area contributed by atoms with E-state index in [1.54, 1.807) is 6.33 Å². The first-order valence-corrected chi connectivity index (χ1v) is 7.40. The lowest BCUT2D eigenvalue weighted by atomic mass is 10.1. The molecule has 3 heterocycles. The molecule has 6 nitrogen and oxygen atoms in total. The molecule has 0 spiro atoms. The summed E-state index contributed by atoms with van der Waals surface area (Å²) >= 11 is 0. The van der Waals surface area contributed by atoms with Gasteiger partial charge in [0.2, 0.25) is 6.79 Å². The van der Waals surface area contributed by atoms with Crippen LogP contribution in [0.2, 0.25) is 0 Å². The molecule has 1 atom stereocenters. The van der Waals surface area contributed by atoms with Gasteiger partial charge in [0, 0.05) is 25.1 Å². The van der Waals surface area contributed by atoms with E-state index in [0.29, 0.717) is 19.3 Å². The van der Waals surface area contributed by atoms with E-state index in [1.807, 2.05) is 24.3 Å². The van der Waals surface area contributed by atoms with Crippen molar-refractivity contribution < 1.29 is 14.2 Å². The monoisotopic (exact) mass is 299 g/mol. The topological polar surface area (TPSA) is 65.5 Å². The molecular formula is C16H17N3O3. The van der Waals surface area contributed by atoms with Crippen LogP contribution in [0.4, 0.5) is 5.82 Å². The van der Waals surface area contributed by atoms with E-state index in [0.717, 1.165) is 48.2 Å². The van der Waals surface area contributed by atoms with E-state index in [9.17, 15) is 0 Å². The smallest absolute Gasteiger partial charge is 0.231 e. The van der Waals surface area contributed by atoms with Crippen LogP contribution in [-0.4, -0.2) is 30.0 Å². The Hall–Kier alpha value is -2.34. The van der Waals surface area contributed by atoms with Gasteiger partial charge in [0.25, 0.3) is 0 Å². The van der Waals surface area contributed by atoms with Gasteiger partial charge in [-0.1, -0.05) is 6.07 Å². The van der Waals surface area contributed by atoms with Crippen LogP contribution in [0.5, 0.6) is 11.5 Å². The van der Waals surface area contributed by atoms with Crippen molar-refractivity contribution in [3.8, 4) is 11.5 Å². The van der Waals surface area contributed by atoms with Gasteiger partial charge in [0.1, 0.15) is 12.1 Å². The van der Waals surface area contributed by atoms with Crippen LogP contribution in [0.1, 0.15) is 23.6 Å². The molecule has 0 radical (unpaired) electrons. The number of benzene rings is 1. The highest BCUT2D eigenvalue weighted by atomic mass is 16.7. The molecule has 2 aliphatic rings. The van der Waals surface area contributed by atoms with E-state index >= 15 is 0 Å². The van der Waals surface area contributed by atoms with Crippen molar-refractivity contribution in [3.05, 3.63) is 41.9 Å². The van der Waals surface area contributed by atoms with Crippen LogP contribution in [0.3, 0.4) is 0 Å². The summed E-state index contributed by atoms with van der Waals surface area (Å²) in [5.41, 5.74) is 2.16. The van der Waals surface area contributed by atoms with E-state index in [4.69, 9.17) is 14.2 Å². The van der Waals surface area contributed by atoms with Crippen molar-refractivity contribution in [2.24, 2.45) is 0 Å². The van der Waals surface area contributed by atoms with Gasteiger partial charge in [-0.05, 0) is 24.1 Å². The number of hydrogen-bond donors (Lipinski definition) is 1. The summed E-state index contributed by atoms with van der Waals surface area (Å²) in [6.07, 6.45) is 2.63. The first-order chi connectivity index (χ1) is 10.9. The molecule has 0 saturated carbocycles. The van der Waals surface area contributed by atoms with Gasteiger partial charge in [-0.15, -0.1) is 0 Å². The summed E-state index contributed by atoms with van der Waals surface area (Å²) < 4.78 is 16.1.